The molecule has 0 radical (unpaired) electrons. The Balaban J connectivity index is 1.56. The molecule has 4 heterocycles. The van der Waals surface area contributed by atoms with Gasteiger partial charge in [-0.15, -0.1) is 0 Å². The van der Waals surface area contributed by atoms with Crippen LogP contribution in [0, 0.1) is 11.3 Å². The molecule has 23 heavy (non-hydrogen) atoms. The van der Waals surface area contributed by atoms with Gasteiger partial charge in [-0.2, -0.15) is 5.26 Å². The van der Waals surface area contributed by atoms with Crippen molar-refractivity contribution in [2.45, 2.75) is 32.0 Å². The second kappa shape index (κ2) is 5.86. The first-order valence-corrected chi connectivity index (χ1v) is 7.89. The molecule has 0 aromatic carbocycles. The molecule has 0 N–H and O–H groups in total. The van der Waals surface area contributed by atoms with Crippen LogP contribution in [0.1, 0.15) is 24.1 Å². The molecule has 116 valence electrons. The topological polar surface area (TPSA) is 62.2 Å². The summed E-state index contributed by atoms with van der Waals surface area (Å²) in [6.07, 6.45) is 11.9. The highest BCUT2D eigenvalue weighted by molar-refractivity contribution is 5.44. The number of hydrogen-bond donors (Lipinski definition) is 0. The molecule has 0 bridgehead atoms. The molecule has 1 aliphatic rings. The zero-order chi connectivity index (χ0) is 15.6. The molecule has 4 rings (SSSR count). The lowest BCUT2D eigenvalue weighted by molar-refractivity contribution is 0.221. The van der Waals surface area contributed by atoms with Crippen LogP contribution < -0.4 is 0 Å². The summed E-state index contributed by atoms with van der Waals surface area (Å²) in [5, 5.41) is 9.09. The maximum absolute atomic E-state index is 9.09. The summed E-state index contributed by atoms with van der Waals surface area (Å²) in [4.78, 5) is 11.1. The Morgan fingerprint density at radius 2 is 2.30 bits per heavy atom. The number of imidazole rings is 2. The van der Waals surface area contributed by atoms with E-state index in [4.69, 9.17) is 5.26 Å². The van der Waals surface area contributed by atoms with Gasteiger partial charge in [0.05, 0.1) is 23.8 Å². The van der Waals surface area contributed by atoms with E-state index in [0.717, 1.165) is 31.0 Å². The second-order valence-corrected chi connectivity index (χ2v) is 6.03. The molecular weight excluding hydrogens is 288 g/mol. The molecule has 1 aliphatic heterocycles. The number of hydrogen-bond acceptors (Lipinski definition) is 4. The van der Waals surface area contributed by atoms with Gasteiger partial charge in [-0.3, -0.25) is 4.90 Å². The minimum atomic E-state index is 0.522. The highest BCUT2D eigenvalue weighted by atomic mass is 15.2. The predicted octanol–water partition coefficient (Wildman–Crippen LogP) is 2.07. The Hall–Kier alpha value is -2.65. The molecule has 0 spiro atoms. The smallest absolute Gasteiger partial charge is 0.137 e. The Morgan fingerprint density at radius 1 is 1.35 bits per heavy atom. The van der Waals surface area contributed by atoms with Gasteiger partial charge in [0.2, 0.25) is 0 Å². The maximum atomic E-state index is 9.09. The first kappa shape index (κ1) is 14.0. The van der Waals surface area contributed by atoms with Crippen molar-refractivity contribution in [3.8, 4) is 6.07 Å². The third-order valence-electron chi connectivity index (χ3n) is 4.56. The van der Waals surface area contributed by atoms with Gasteiger partial charge >= 0.3 is 0 Å². The number of nitriles is 1. The average molecular weight is 306 g/mol. The van der Waals surface area contributed by atoms with Crippen molar-refractivity contribution in [3.63, 3.8) is 0 Å². The van der Waals surface area contributed by atoms with Crippen molar-refractivity contribution in [1.29, 1.82) is 5.26 Å². The van der Waals surface area contributed by atoms with Crippen molar-refractivity contribution in [1.82, 2.24) is 23.8 Å². The van der Waals surface area contributed by atoms with Crippen LogP contribution in [0.4, 0.5) is 0 Å². The number of fused-ring (bicyclic) bond motifs is 1. The van der Waals surface area contributed by atoms with Gasteiger partial charge < -0.3 is 8.97 Å². The fourth-order valence-electron chi connectivity index (χ4n) is 3.37. The third-order valence-corrected chi connectivity index (χ3v) is 4.56. The Morgan fingerprint density at radius 3 is 3.13 bits per heavy atom. The summed E-state index contributed by atoms with van der Waals surface area (Å²) < 4.78 is 4.18. The highest BCUT2D eigenvalue weighted by Crippen LogP contribution is 2.22. The standard InChI is InChI=1S/C17H18N6/c18-8-14-3-4-17-20-9-16(23(17)10-14)12-22-6-1-2-15(22)11-21-7-5-19-13-21/h3-5,7,9-10,13,15H,1-2,6,11-12H2. The summed E-state index contributed by atoms with van der Waals surface area (Å²) in [5.74, 6) is 0. The van der Waals surface area contributed by atoms with E-state index in [1.807, 2.05) is 47.6 Å². The van der Waals surface area contributed by atoms with Crippen LogP contribution in [0.5, 0.6) is 0 Å². The lowest BCUT2D eigenvalue weighted by Crippen LogP contribution is -2.32. The number of pyridine rings is 1. The summed E-state index contributed by atoms with van der Waals surface area (Å²) in [6, 6.07) is 6.43. The number of nitrogens with zero attached hydrogens (tertiary/aromatic N) is 6. The number of rotatable bonds is 4. The Labute approximate surface area is 134 Å². The Kier molecular flexibility index (Phi) is 3.56. The van der Waals surface area contributed by atoms with E-state index in [1.54, 1.807) is 0 Å². The fourth-order valence-corrected chi connectivity index (χ4v) is 3.37. The SMILES string of the molecule is N#Cc1ccc2ncc(CN3CCCC3Cn3ccnc3)n2c1. The molecule has 3 aromatic heterocycles. The molecule has 0 amide bonds. The van der Waals surface area contributed by atoms with Gasteiger partial charge in [0, 0.05) is 37.7 Å². The molecule has 1 atom stereocenters. The van der Waals surface area contributed by atoms with E-state index in [-0.39, 0.29) is 0 Å². The van der Waals surface area contributed by atoms with E-state index in [1.165, 1.54) is 12.8 Å². The molecule has 1 saturated heterocycles. The monoisotopic (exact) mass is 306 g/mol. The van der Waals surface area contributed by atoms with E-state index in [9.17, 15) is 0 Å². The van der Waals surface area contributed by atoms with Gasteiger partial charge in [-0.25, -0.2) is 9.97 Å². The predicted molar refractivity (Wildman–Crippen MR) is 85.6 cm³/mol. The van der Waals surface area contributed by atoms with Gasteiger partial charge in [0.15, 0.2) is 0 Å². The molecule has 1 fully saturated rings. The van der Waals surface area contributed by atoms with Crippen molar-refractivity contribution < 1.29 is 0 Å². The third kappa shape index (κ3) is 2.71. The number of aromatic nitrogens is 4. The van der Waals surface area contributed by atoms with Crippen LogP contribution in [0.2, 0.25) is 0 Å². The lowest BCUT2D eigenvalue weighted by Gasteiger charge is -2.24. The molecule has 6 nitrogen and oxygen atoms in total. The van der Waals surface area contributed by atoms with Crippen molar-refractivity contribution >= 4 is 5.65 Å². The summed E-state index contributed by atoms with van der Waals surface area (Å²) >= 11 is 0. The normalized spacial score (nSPS) is 18.5. The molecule has 0 aliphatic carbocycles. The van der Waals surface area contributed by atoms with Crippen LogP contribution >= 0.6 is 0 Å². The molecule has 0 saturated carbocycles. The van der Waals surface area contributed by atoms with Gasteiger partial charge in [-0.05, 0) is 31.5 Å². The van der Waals surface area contributed by atoms with E-state index < -0.39 is 0 Å². The Bertz CT molecular complexity index is 842. The van der Waals surface area contributed by atoms with Crippen molar-refractivity contribution in [2.24, 2.45) is 0 Å². The minimum absolute atomic E-state index is 0.522. The molecule has 6 heteroatoms. The van der Waals surface area contributed by atoms with Gasteiger partial charge in [0.1, 0.15) is 11.7 Å². The highest BCUT2D eigenvalue weighted by Gasteiger charge is 2.25. The van der Waals surface area contributed by atoms with Gasteiger partial charge in [-0.1, -0.05) is 0 Å². The van der Waals surface area contributed by atoms with E-state index in [0.29, 0.717) is 11.6 Å². The molecule has 1 unspecified atom stereocenters. The first-order chi connectivity index (χ1) is 11.3. The quantitative estimate of drug-likeness (QED) is 0.740. The zero-order valence-electron chi connectivity index (χ0n) is 12.8. The molecule has 3 aromatic rings. The second-order valence-electron chi connectivity index (χ2n) is 6.03. The van der Waals surface area contributed by atoms with Crippen molar-refractivity contribution in [3.05, 3.63) is 54.5 Å². The fraction of sp³-hybridized carbons (Fsp3) is 0.353. The van der Waals surface area contributed by atoms with E-state index >= 15 is 0 Å². The molecular formula is C17H18N6. The van der Waals surface area contributed by atoms with Gasteiger partial charge in [0.25, 0.3) is 0 Å². The van der Waals surface area contributed by atoms with Crippen molar-refractivity contribution in [2.75, 3.05) is 6.54 Å². The maximum Gasteiger partial charge on any atom is 0.137 e. The largest absolute Gasteiger partial charge is 0.336 e. The first-order valence-electron chi connectivity index (χ1n) is 7.89. The van der Waals surface area contributed by atoms with E-state index in [2.05, 4.69) is 25.5 Å². The minimum Gasteiger partial charge on any atom is -0.336 e. The summed E-state index contributed by atoms with van der Waals surface area (Å²) in [7, 11) is 0. The van der Waals surface area contributed by atoms with Crippen LogP contribution in [-0.2, 0) is 13.1 Å². The van der Waals surface area contributed by atoms with Crippen LogP contribution in [0.15, 0.2) is 43.2 Å². The van der Waals surface area contributed by atoms with Crippen LogP contribution in [0.3, 0.4) is 0 Å². The summed E-state index contributed by atoms with van der Waals surface area (Å²) in [5.41, 5.74) is 2.69. The van der Waals surface area contributed by atoms with Crippen LogP contribution in [-0.4, -0.2) is 36.4 Å². The van der Waals surface area contributed by atoms with Crippen LogP contribution in [0.25, 0.3) is 5.65 Å². The average Bonchev–Trinajstić information content (AvgIpc) is 3.31. The number of likely N-dealkylation sites (tertiary alicyclic amines) is 1. The lowest BCUT2D eigenvalue weighted by atomic mass is 10.2. The summed E-state index contributed by atoms with van der Waals surface area (Å²) in [6.45, 7) is 2.93. The zero-order valence-corrected chi connectivity index (χ0v) is 12.8.